The molecule has 0 atom stereocenters. The summed E-state index contributed by atoms with van der Waals surface area (Å²) in [5.41, 5.74) is 2.22. The minimum absolute atomic E-state index is 0.00517. The summed E-state index contributed by atoms with van der Waals surface area (Å²) in [7, 11) is -4.00. The zero-order chi connectivity index (χ0) is 22.2. The number of carboxylic acid groups (broad SMARTS) is 1. The van der Waals surface area contributed by atoms with Crippen LogP contribution in [-0.4, -0.2) is 36.8 Å². The zero-order valence-electron chi connectivity index (χ0n) is 16.7. The van der Waals surface area contributed by atoms with Gasteiger partial charge in [-0.1, -0.05) is 36.4 Å². The van der Waals surface area contributed by atoms with Gasteiger partial charge in [0, 0.05) is 24.9 Å². The van der Waals surface area contributed by atoms with Crippen LogP contribution < -0.4 is 4.72 Å². The van der Waals surface area contributed by atoms with E-state index in [1.807, 2.05) is 30.3 Å². The second-order valence-corrected chi connectivity index (χ2v) is 10.3. The predicted molar refractivity (Wildman–Crippen MR) is 119 cm³/mol. The molecule has 3 aromatic rings. The normalized spacial score (nSPS) is 13.5. The van der Waals surface area contributed by atoms with E-state index in [9.17, 15) is 23.1 Å². The summed E-state index contributed by atoms with van der Waals surface area (Å²) in [5, 5.41) is 9.54. The molecule has 0 radical (unpaired) electrons. The van der Waals surface area contributed by atoms with Crippen molar-refractivity contribution in [2.75, 3.05) is 11.3 Å². The van der Waals surface area contributed by atoms with Crippen molar-refractivity contribution in [3.8, 4) is 11.1 Å². The number of amides is 1. The lowest BCUT2D eigenvalue weighted by Gasteiger charge is -2.25. The molecule has 1 aliphatic heterocycles. The van der Waals surface area contributed by atoms with Crippen molar-refractivity contribution in [2.45, 2.75) is 24.1 Å². The lowest BCUT2D eigenvalue weighted by Crippen LogP contribution is -2.33. The minimum atomic E-state index is -4.00. The molecule has 1 aliphatic rings. The van der Waals surface area contributed by atoms with Crippen LogP contribution in [0, 0.1) is 0 Å². The third kappa shape index (κ3) is 4.33. The fraction of sp³-hybridized carbons (Fsp3) is 0.182. The molecule has 0 fully saturated rings. The SMILES string of the molecule is CC(=O)N1CCc2sc(S(=O)(=O)Nc3cc(-c4ccccc4)ccc3C(=O)O)cc2C1. The quantitative estimate of drug-likeness (QED) is 0.607. The van der Waals surface area contributed by atoms with Gasteiger partial charge in [-0.15, -0.1) is 11.3 Å². The van der Waals surface area contributed by atoms with Gasteiger partial charge in [0.1, 0.15) is 4.21 Å². The fourth-order valence-electron chi connectivity index (χ4n) is 3.53. The zero-order valence-corrected chi connectivity index (χ0v) is 18.3. The monoisotopic (exact) mass is 456 g/mol. The van der Waals surface area contributed by atoms with Crippen LogP contribution in [0.4, 0.5) is 5.69 Å². The molecule has 2 N–H and O–H groups in total. The van der Waals surface area contributed by atoms with E-state index in [1.54, 1.807) is 17.0 Å². The van der Waals surface area contributed by atoms with Crippen LogP contribution in [0.5, 0.6) is 0 Å². The number of thiophene rings is 1. The van der Waals surface area contributed by atoms with E-state index in [2.05, 4.69) is 4.72 Å². The van der Waals surface area contributed by atoms with Crippen molar-refractivity contribution in [3.05, 3.63) is 70.6 Å². The van der Waals surface area contributed by atoms with Crippen molar-refractivity contribution in [2.24, 2.45) is 0 Å². The number of hydrogen-bond donors (Lipinski definition) is 2. The molecular formula is C22H20N2O5S2. The van der Waals surface area contributed by atoms with Crippen LogP contribution in [0.15, 0.2) is 58.8 Å². The number of fused-ring (bicyclic) bond motifs is 1. The molecule has 9 heteroatoms. The van der Waals surface area contributed by atoms with Gasteiger partial charge in [-0.25, -0.2) is 13.2 Å². The Balaban J connectivity index is 1.68. The van der Waals surface area contributed by atoms with Crippen LogP contribution in [0.1, 0.15) is 27.7 Å². The number of carbonyl (C=O) groups is 2. The van der Waals surface area contributed by atoms with Crippen molar-refractivity contribution < 1.29 is 23.1 Å². The second kappa shape index (κ2) is 8.16. The number of benzene rings is 2. The summed E-state index contributed by atoms with van der Waals surface area (Å²) in [6.07, 6.45) is 0.596. The number of rotatable bonds is 5. The number of nitrogens with one attached hydrogen (secondary N) is 1. The van der Waals surface area contributed by atoms with Gasteiger partial charge in [-0.05, 0) is 41.3 Å². The number of carboxylic acids is 1. The van der Waals surface area contributed by atoms with Gasteiger partial charge in [-0.3, -0.25) is 9.52 Å². The topological polar surface area (TPSA) is 104 Å². The summed E-state index contributed by atoms with van der Waals surface area (Å²) in [6.45, 7) is 2.42. The largest absolute Gasteiger partial charge is 0.478 e. The molecular weight excluding hydrogens is 436 g/mol. The summed E-state index contributed by atoms with van der Waals surface area (Å²) in [5.74, 6) is -1.27. The number of aromatic carboxylic acids is 1. The van der Waals surface area contributed by atoms with Crippen LogP contribution >= 0.6 is 11.3 Å². The molecule has 1 aromatic heterocycles. The van der Waals surface area contributed by atoms with Gasteiger partial charge >= 0.3 is 5.97 Å². The maximum absolute atomic E-state index is 13.1. The Morgan fingerprint density at radius 1 is 1.06 bits per heavy atom. The van der Waals surface area contributed by atoms with Crippen LogP contribution in [0.2, 0.25) is 0 Å². The summed E-state index contributed by atoms with van der Waals surface area (Å²) < 4.78 is 28.7. The summed E-state index contributed by atoms with van der Waals surface area (Å²) >= 11 is 1.15. The van der Waals surface area contributed by atoms with E-state index < -0.39 is 16.0 Å². The Morgan fingerprint density at radius 3 is 2.48 bits per heavy atom. The van der Waals surface area contributed by atoms with Gasteiger partial charge in [0.2, 0.25) is 5.91 Å². The molecule has 0 saturated heterocycles. The molecule has 0 unspecified atom stereocenters. The van der Waals surface area contributed by atoms with E-state index in [4.69, 9.17) is 0 Å². The van der Waals surface area contributed by atoms with Crippen LogP contribution in [-0.2, 0) is 27.8 Å². The van der Waals surface area contributed by atoms with Gasteiger partial charge in [0.25, 0.3) is 10.0 Å². The molecule has 4 rings (SSSR count). The average Bonchev–Trinajstić information content (AvgIpc) is 3.18. The Bertz CT molecular complexity index is 1270. The maximum atomic E-state index is 13.1. The molecule has 2 heterocycles. The number of sulfonamides is 1. The first-order chi connectivity index (χ1) is 14.7. The molecule has 0 bridgehead atoms. The Labute approximate surface area is 184 Å². The predicted octanol–water partition coefficient (Wildman–Crippen LogP) is 3.82. The fourth-order valence-corrected chi connectivity index (χ4v) is 6.14. The first-order valence-corrected chi connectivity index (χ1v) is 11.9. The first-order valence-electron chi connectivity index (χ1n) is 9.57. The minimum Gasteiger partial charge on any atom is -0.478 e. The van der Waals surface area contributed by atoms with E-state index >= 15 is 0 Å². The summed E-state index contributed by atoms with van der Waals surface area (Å²) in [4.78, 5) is 25.9. The molecule has 160 valence electrons. The molecule has 7 nitrogen and oxygen atoms in total. The van der Waals surface area contributed by atoms with Gasteiger partial charge < -0.3 is 10.0 Å². The van der Waals surface area contributed by atoms with E-state index in [-0.39, 0.29) is 21.4 Å². The van der Waals surface area contributed by atoms with Crippen LogP contribution in [0.25, 0.3) is 11.1 Å². The number of carbonyl (C=O) groups excluding carboxylic acids is 1. The highest BCUT2D eigenvalue weighted by Gasteiger charge is 2.26. The smallest absolute Gasteiger partial charge is 0.337 e. The standard InChI is InChI=1S/C22H20N2O5S2/c1-14(25)24-10-9-20-17(13-24)12-21(30-20)31(28,29)23-19-11-16(7-8-18(19)22(26)27)15-5-3-2-4-6-15/h2-8,11-12,23H,9-10,13H2,1H3,(H,26,27). The lowest BCUT2D eigenvalue weighted by molar-refractivity contribution is -0.129. The highest BCUT2D eigenvalue weighted by Crippen LogP contribution is 2.33. The molecule has 0 aliphatic carbocycles. The second-order valence-electron chi connectivity index (χ2n) is 7.24. The third-order valence-electron chi connectivity index (χ3n) is 5.16. The van der Waals surface area contributed by atoms with Crippen molar-refractivity contribution in [1.29, 1.82) is 0 Å². The Kier molecular flexibility index (Phi) is 5.55. The van der Waals surface area contributed by atoms with Crippen molar-refractivity contribution in [3.63, 3.8) is 0 Å². The highest BCUT2D eigenvalue weighted by atomic mass is 32.2. The Hall–Kier alpha value is -3.17. The number of anilines is 1. The van der Waals surface area contributed by atoms with E-state index in [0.29, 0.717) is 25.1 Å². The number of nitrogens with zero attached hydrogens (tertiary/aromatic N) is 1. The van der Waals surface area contributed by atoms with Crippen molar-refractivity contribution in [1.82, 2.24) is 4.90 Å². The third-order valence-corrected chi connectivity index (χ3v) is 8.23. The number of hydrogen-bond acceptors (Lipinski definition) is 5. The first kappa shape index (κ1) is 21.1. The van der Waals surface area contributed by atoms with E-state index in [1.165, 1.54) is 19.1 Å². The molecule has 1 amide bonds. The van der Waals surface area contributed by atoms with Gasteiger partial charge in [0.15, 0.2) is 0 Å². The Morgan fingerprint density at radius 2 is 1.81 bits per heavy atom. The van der Waals surface area contributed by atoms with Crippen molar-refractivity contribution >= 4 is 38.9 Å². The molecule has 31 heavy (non-hydrogen) atoms. The average molecular weight is 457 g/mol. The van der Waals surface area contributed by atoms with Gasteiger partial charge in [-0.2, -0.15) is 0 Å². The molecule has 0 saturated carbocycles. The highest BCUT2D eigenvalue weighted by molar-refractivity contribution is 7.94. The summed E-state index contributed by atoms with van der Waals surface area (Å²) in [6, 6.07) is 15.4. The van der Waals surface area contributed by atoms with Crippen LogP contribution in [0.3, 0.4) is 0 Å². The molecule has 2 aromatic carbocycles. The lowest BCUT2D eigenvalue weighted by atomic mass is 10.0. The van der Waals surface area contributed by atoms with Gasteiger partial charge in [0.05, 0.1) is 11.3 Å². The van der Waals surface area contributed by atoms with E-state index in [0.717, 1.165) is 27.3 Å². The maximum Gasteiger partial charge on any atom is 0.337 e. The molecule has 0 spiro atoms.